The molecule has 6 heteroatoms. The molecule has 1 aliphatic carbocycles. The van der Waals surface area contributed by atoms with E-state index in [4.69, 9.17) is 18.0 Å². The molecule has 0 spiro atoms. The Kier molecular flexibility index (Phi) is 4.26. The SMILES string of the molecule is C#CCN(CC1CC1)C(=O)c1c(Cl)cccc1[N+](=O)[O-]. The smallest absolute Gasteiger partial charge is 0.283 e. The molecule has 1 aromatic rings. The number of benzene rings is 1. The maximum atomic E-state index is 12.5. The highest BCUT2D eigenvalue weighted by molar-refractivity contribution is 6.34. The van der Waals surface area contributed by atoms with Gasteiger partial charge in [0, 0.05) is 12.6 Å². The van der Waals surface area contributed by atoms with Crippen LogP contribution in [0.3, 0.4) is 0 Å². The second-order valence-electron chi connectivity index (χ2n) is 4.72. The molecule has 104 valence electrons. The molecule has 1 aliphatic rings. The van der Waals surface area contributed by atoms with E-state index in [1.54, 1.807) is 0 Å². The number of nitrogens with zero attached hydrogens (tertiary/aromatic N) is 2. The van der Waals surface area contributed by atoms with Crippen LogP contribution in [-0.2, 0) is 0 Å². The Morgan fingerprint density at radius 1 is 1.55 bits per heavy atom. The molecule has 2 rings (SSSR count). The van der Waals surface area contributed by atoms with Gasteiger partial charge in [0.15, 0.2) is 0 Å². The highest BCUT2D eigenvalue weighted by atomic mass is 35.5. The molecule has 1 amide bonds. The second-order valence-corrected chi connectivity index (χ2v) is 5.13. The summed E-state index contributed by atoms with van der Waals surface area (Å²) in [6, 6.07) is 4.18. The summed E-state index contributed by atoms with van der Waals surface area (Å²) in [5.41, 5.74) is -0.379. The fraction of sp³-hybridized carbons (Fsp3) is 0.357. The average Bonchev–Trinajstić information content (AvgIpc) is 3.21. The van der Waals surface area contributed by atoms with Crippen LogP contribution >= 0.6 is 11.6 Å². The van der Waals surface area contributed by atoms with Gasteiger partial charge in [0.2, 0.25) is 0 Å². The first kappa shape index (κ1) is 14.4. The van der Waals surface area contributed by atoms with Gasteiger partial charge in [0.05, 0.1) is 16.5 Å². The van der Waals surface area contributed by atoms with Crippen molar-refractivity contribution in [1.82, 2.24) is 4.90 Å². The van der Waals surface area contributed by atoms with E-state index in [9.17, 15) is 14.9 Å². The summed E-state index contributed by atoms with van der Waals surface area (Å²) in [6.07, 6.45) is 7.38. The zero-order chi connectivity index (χ0) is 14.7. The Labute approximate surface area is 121 Å². The Morgan fingerprint density at radius 2 is 2.25 bits per heavy atom. The highest BCUT2D eigenvalue weighted by Gasteiger charge is 2.31. The molecule has 1 fully saturated rings. The first-order valence-electron chi connectivity index (χ1n) is 6.20. The van der Waals surface area contributed by atoms with E-state index in [-0.39, 0.29) is 22.8 Å². The average molecular weight is 293 g/mol. The third-order valence-electron chi connectivity index (χ3n) is 3.15. The van der Waals surface area contributed by atoms with Crippen LogP contribution in [0, 0.1) is 28.4 Å². The van der Waals surface area contributed by atoms with E-state index in [2.05, 4.69) is 5.92 Å². The Bertz CT molecular complexity index is 591. The van der Waals surface area contributed by atoms with Gasteiger partial charge >= 0.3 is 0 Å². The molecule has 1 aromatic carbocycles. The van der Waals surface area contributed by atoms with Gasteiger partial charge in [0.25, 0.3) is 11.6 Å². The van der Waals surface area contributed by atoms with Crippen LogP contribution in [-0.4, -0.2) is 28.8 Å². The molecule has 0 saturated heterocycles. The number of rotatable bonds is 5. The van der Waals surface area contributed by atoms with Crippen LogP contribution in [0.15, 0.2) is 18.2 Å². The topological polar surface area (TPSA) is 63.5 Å². The van der Waals surface area contributed by atoms with Crippen molar-refractivity contribution < 1.29 is 9.72 Å². The third kappa shape index (κ3) is 3.09. The van der Waals surface area contributed by atoms with E-state index < -0.39 is 10.8 Å². The molecule has 0 N–H and O–H groups in total. The minimum absolute atomic E-state index is 0.0713. The van der Waals surface area contributed by atoms with Crippen molar-refractivity contribution >= 4 is 23.2 Å². The number of nitro groups is 1. The van der Waals surface area contributed by atoms with Crippen LogP contribution in [0.4, 0.5) is 5.69 Å². The van der Waals surface area contributed by atoms with Crippen molar-refractivity contribution in [3.63, 3.8) is 0 Å². The van der Waals surface area contributed by atoms with Crippen LogP contribution in [0.2, 0.25) is 5.02 Å². The van der Waals surface area contributed by atoms with E-state index in [0.29, 0.717) is 12.5 Å². The lowest BCUT2D eigenvalue weighted by Crippen LogP contribution is -2.34. The molecular formula is C14H13ClN2O3. The summed E-state index contributed by atoms with van der Waals surface area (Å²) in [7, 11) is 0. The summed E-state index contributed by atoms with van der Waals surface area (Å²) < 4.78 is 0. The number of carbonyl (C=O) groups is 1. The van der Waals surface area contributed by atoms with Crippen molar-refractivity contribution in [3.8, 4) is 12.3 Å². The molecule has 1 saturated carbocycles. The van der Waals surface area contributed by atoms with E-state index in [1.165, 1.54) is 23.1 Å². The monoisotopic (exact) mass is 292 g/mol. The number of amides is 1. The lowest BCUT2D eigenvalue weighted by molar-refractivity contribution is -0.385. The normalized spacial score (nSPS) is 13.6. The largest absolute Gasteiger partial charge is 0.327 e. The fourth-order valence-corrected chi connectivity index (χ4v) is 2.23. The number of nitro benzene ring substituents is 1. The van der Waals surface area contributed by atoms with Gasteiger partial charge in [-0.15, -0.1) is 6.42 Å². The Balaban J connectivity index is 2.35. The summed E-state index contributed by atoms with van der Waals surface area (Å²) in [5, 5.41) is 11.1. The maximum Gasteiger partial charge on any atom is 0.283 e. The minimum atomic E-state index is -0.607. The number of hydrogen-bond acceptors (Lipinski definition) is 3. The molecule has 0 aliphatic heterocycles. The molecule has 20 heavy (non-hydrogen) atoms. The molecule has 0 unspecified atom stereocenters. The first-order valence-corrected chi connectivity index (χ1v) is 6.58. The maximum absolute atomic E-state index is 12.5. The standard InChI is InChI=1S/C14H13ClN2O3/c1-2-8-16(9-10-6-7-10)14(18)13-11(15)4-3-5-12(13)17(19)20/h1,3-5,10H,6-9H2. The van der Waals surface area contributed by atoms with Crippen LogP contribution in [0.1, 0.15) is 23.2 Å². The third-order valence-corrected chi connectivity index (χ3v) is 3.46. The first-order chi connectivity index (χ1) is 9.54. The predicted molar refractivity (Wildman–Crippen MR) is 75.6 cm³/mol. The highest BCUT2D eigenvalue weighted by Crippen LogP contribution is 2.32. The van der Waals surface area contributed by atoms with Crippen LogP contribution in [0.25, 0.3) is 0 Å². The van der Waals surface area contributed by atoms with Gasteiger partial charge in [-0.05, 0) is 24.8 Å². The minimum Gasteiger partial charge on any atom is -0.327 e. The lowest BCUT2D eigenvalue weighted by atomic mass is 10.1. The number of terminal acetylenes is 1. The molecule has 0 heterocycles. The van der Waals surface area contributed by atoms with Crippen LogP contribution < -0.4 is 0 Å². The molecular weight excluding hydrogens is 280 g/mol. The summed E-state index contributed by atoms with van der Waals surface area (Å²) in [4.78, 5) is 24.4. The summed E-state index contributed by atoms with van der Waals surface area (Å²) in [5.74, 6) is 2.37. The van der Waals surface area contributed by atoms with Crippen molar-refractivity contribution in [1.29, 1.82) is 0 Å². The predicted octanol–water partition coefficient (Wildman–Crippen LogP) is 2.73. The van der Waals surface area contributed by atoms with Gasteiger partial charge in [-0.3, -0.25) is 14.9 Å². The Hall–Kier alpha value is -2.06. The van der Waals surface area contributed by atoms with Crippen molar-refractivity contribution in [2.75, 3.05) is 13.1 Å². The molecule has 0 atom stereocenters. The van der Waals surface area contributed by atoms with E-state index in [0.717, 1.165) is 12.8 Å². The van der Waals surface area contributed by atoms with Gasteiger partial charge in [0.1, 0.15) is 5.56 Å². The number of halogens is 1. The van der Waals surface area contributed by atoms with Gasteiger partial charge < -0.3 is 4.90 Å². The van der Waals surface area contributed by atoms with E-state index >= 15 is 0 Å². The van der Waals surface area contributed by atoms with Crippen LogP contribution in [0.5, 0.6) is 0 Å². The zero-order valence-electron chi connectivity index (χ0n) is 10.7. The summed E-state index contributed by atoms with van der Waals surface area (Å²) >= 11 is 5.96. The van der Waals surface area contributed by atoms with Crippen molar-refractivity contribution in [3.05, 3.63) is 38.9 Å². The molecule has 0 radical (unpaired) electrons. The van der Waals surface area contributed by atoms with Gasteiger partial charge in [-0.2, -0.15) is 0 Å². The number of hydrogen-bond donors (Lipinski definition) is 0. The van der Waals surface area contributed by atoms with Crippen molar-refractivity contribution in [2.24, 2.45) is 5.92 Å². The fourth-order valence-electron chi connectivity index (χ4n) is 1.98. The zero-order valence-corrected chi connectivity index (χ0v) is 11.5. The van der Waals surface area contributed by atoms with Gasteiger partial charge in [-0.25, -0.2) is 0 Å². The molecule has 5 nitrogen and oxygen atoms in total. The lowest BCUT2D eigenvalue weighted by Gasteiger charge is -2.20. The molecule has 0 bridgehead atoms. The number of carbonyl (C=O) groups excluding carboxylic acids is 1. The quantitative estimate of drug-likeness (QED) is 0.476. The van der Waals surface area contributed by atoms with E-state index in [1.807, 2.05) is 0 Å². The summed E-state index contributed by atoms with van der Waals surface area (Å²) in [6.45, 7) is 0.642. The molecule has 0 aromatic heterocycles. The van der Waals surface area contributed by atoms with Gasteiger partial charge in [-0.1, -0.05) is 23.6 Å². The van der Waals surface area contributed by atoms with Crippen molar-refractivity contribution in [2.45, 2.75) is 12.8 Å². The second kappa shape index (κ2) is 5.93. The Morgan fingerprint density at radius 3 is 2.80 bits per heavy atom.